The molecule has 2 aliphatic heterocycles. The minimum absolute atomic E-state index is 0.150. The number of likely N-dealkylation sites (tertiary alicyclic amines) is 1. The maximum absolute atomic E-state index is 12.8. The van der Waals surface area contributed by atoms with Crippen LogP contribution in [0.15, 0.2) is 42.5 Å². The molecule has 4 rings (SSSR count). The fraction of sp³-hybridized carbons (Fsp3) is 0.500. The molecule has 0 spiro atoms. The lowest BCUT2D eigenvalue weighted by atomic mass is 9.93. The molecule has 0 bridgehead atoms. The zero-order valence-corrected chi connectivity index (χ0v) is 18.0. The maximum Gasteiger partial charge on any atom is 0.416 e. The van der Waals surface area contributed by atoms with E-state index in [0.717, 1.165) is 61.6 Å². The maximum atomic E-state index is 12.8. The van der Waals surface area contributed by atoms with E-state index in [1.165, 1.54) is 12.1 Å². The minimum Gasteiger partial charge on any atom is -0.379 e. The van der Waals surface area contributed by atoms with Crippen molar-refractivity contribution in [2.45, 2.75) is 31.4 Å². The van der Waals surface area contributed by atoms with Crippen LogP contribution < -0.4 is 0 Å². The summed E-state index contributed by atoms with van der Waals surface area (Å²) in [4.78, 5) is 21.7. The van der Waals surface area contributed by atoms with E-state index in [9.17, 15) is 18.0 Å². The smallest absolute Gasteiger partial charge is 0.379 e. The minimum atomic E-state index is -4.33. The van der Waals surface area contributed by atoms with Crippen LogP contribution in [0.2, 0.25) is 0 Å². The summed E-state index contributed by atoms with van der Waals surface area (Å²) in [5.74, 6) is 0.322. The highest BCUT2D eigenvalue weighted by Crippen LogP contribution is 2.30. The van der Waals surface area contributed by atoms with Crippen LogP contribution >= 0.6 is 0 Å². The molecule has 2 fully saturated rings. The van der Waals surface area contributed by atoms with Crippen LogP contribution in [0.1, 0.15) is 41.3 Å². The topological polar surface area (TPSA) is 45.7 Å². The van der Waals surface area contributed by atoms with Crippen LogP contribution in [0.3, 0.4) is 0 Å². The first-order valence-corrected chi connectivity index (χ1v) is 11.1. The molecule has 0 N–H and O–H groups in total. The number of piperidine rings is 1. The fourth-order valence-electron chi connectivity index (χ4n) is 4.34. The number of amides is 1. The first-order valence-electron chi connectivity index (χ1n) is 11.1. The van der Waals surface area contributed by atoms with Crippen molar-refractivity contribution >= 4 is 5.91 Å². The molecule has 1 unspecified atom stereocenters. The molecule has 0 radical (unpaired) electrons. The molecule has 1 aromatic heterocycles. The monoisotopic (exact) mass is 447 g/mol. The number of benzene rings is 1. The fourth-order valence-corrected chi connectivity index (χ4v) is 4.34. The summed E-state index contributed by atoms with van der Waals surface area (Å²) in [7, 11) is 0. The molecular formula is C24H28F3N3O2. The Kier molecular flexibility index (Phi) is 7.10. The molecule has 2 saturated heterocycles. The zero-order chi connectivity index (χ0) is 22.6. The molecule has 32 heavy (non-hydrogen) atoms. The second-order valence-electron chi connectivity index (χ2n) is 8.49. The number of rotatable bonds is 5. The van der Waals surface area contributed by atoms with Gasteiger partial charge in [0.15, 0.2) is 0 Å². The quantitative estimate of drug-likeness (QED) is 0.701. The van der Waals surface area contributed by atoms with Gasteiger partial charge in [0.1, 0.15) is 0 Å². The number of nitrogens with zero attached hydrogens (tertiary/aromatic N) is 3. The molecule has 172 valence electrons. The number of morpholine rings is 1. The van der Waals surface area contributed by atoms with Crippen molar-refractivity contribution in [2.75, 3.05) is 45.9 Å². The molecule has 0 saturated carbocycles. The van der Waals surface area contributed by atoms with Gasteiger partial charge in [0.05, 0.1) is 25.3 Å². The van der Waals surface area contributed by atoms with Crippen LogP contribution in [0.4, 0.5) is 13.2 Å². The molecule has 0 aliphatic carbocycles. The van der Waals surface area contributed by atoms with Gasteiger partial charge in [-0.25, -0.2) is 0 Å². The Hall–Kier alpha value is -2.45. The summed E-state index contributed by atoms with van der Waals surface area (Å²) in [6.07, 6.45) is -1.95. The first kappa shape index (κ1) is 22.7. The normalized spacial score (nSPS) is 20.3. The summed E-state index contributed by atoms with van der Waals surface area (Å²) in [5, 5.41) is 0. The number of hydrogen-bond donors (Lipinski definition) is 0. The van der Waals surface area contributed by atoms with Gasteiger partial charge < -0.3 is 9.64 Å². The van der Waals surface area contributed by atoms with E-state index in [1.807, 2.05) is 23.1 Å². The molecule has 2 aromatic rings. The Bertz CT molecular complexity index is 911. The van der Waals surface area contributed by atoms with Gasteiger partial charge in [0.2, 0.25) is 5.91 Å². The van der Waals surface area contributed by atoms with Gasteiger partial charge in [-0.2, -0.15) is 13.2 Å². The Morgan fingerprint density at radius 1 is 1.06 bits per heavy atom. The van der Waals surface area contributed by atoms with E-state index >= 15 is 0 Å². The average molecular weight is 448 g/mol. The lowest BCUT2D eigenvalue weighted by Gasteiger charge is -2.35. The molecule has 1 atom stereocenters. The number of carbonyl (C=O) groups is 1. The van der Waals surface area contributed by atoms with E-state index < -0.39 is 11.7 Å². The lowest BCUT2D eigenvalue weighted by Crippen LogP contribution is -2.47. The molecule has 1 amide bonds. The number of halogens is 3. The molecule has 1 aromatic carbocycles. The number of aromatic nitrogens is 1. The van der Waals surface area contributed by atoms with E-state index in [0.29, 0.717) is 32.7 Å². The summed E-state index contributed by atoms with van der Waals surface area (Å²) < 4.78 is 43.7. The number of carbonyl (C=O) groups excluding carboxylic acids is 1. The third kappa shape index (κ3) is 5.86. The molecule has 2 aliphatic rings. The zero-order valence-electron chi connectivity index (χ0n) is 18.0. The van der Waals surface area contributed by atoms with Crippen molar-refractivity contribution in [1.82, 2.24) is 14.8 Å². The first-order chi connectivity index (χ1) is 15.4. The SMILES string of the molecule is O=C(CN1CCOCC1)N1CCCC(c2cccc(Cc3ccc(C(F)(F)F)cc3)n2)C1. The number of pyridine rings is 1. The average Bonchev–Trinajstić information content (AvgIpc) is 2.80. The van der Waals surface area contributed by atoms with E-state index in [1.54, 1.807) is 0 Å². The Balaban J connectivity index is 1.38. The van der Waals surface area contributed by atoms with Crippen LogP contribution in [0.25, 0.3) is 0 Å². The lowest BCUT2D eigenvalue weighted by molar-refractivity contribution is -0.137. The summed E-state index contributed by atoms with van der Waals surface area (Å²) in [6, 6.07) is 11.0. The van der Waals surface area contributed by atoms with Crippen molar-refractivity contribution in [3.05, 3.63) is 65.0 Å². The van der Waals surface area contributed by atoms with Crippen molar-refractivity contribution in [3.8, 4) is 0 Å². The highest BCUT2D eigenvalue weighted by Gasteiger charge is 2.30. The van der Waals surface area contributed by atoms with Crippen LogP contribution in [0.5, 0.6) is 0 Å². The summed E-state index contributed by atoms with van der Waals surface area (Å²) >= 11 is 0. The number of alkyl halides is 3. The Morgan fingerprint density at radius 2 is 1.81 bits per heavy atom. The number of hydrogen-bond acceptors (Lipinski definition) is 4. The molecule has 5 nitrogen and oxygen atoms in total. The van der Waals surface area contributed by atoms with Gasteiger partial charge in [0, 0.05) is 49.9 Å². The molecule has 8 heteroatoms. The largest absolute Gasteiger partial charge is 0.416 e. The van der Waals surface area contributed by atoms with Crippen molar-refractivity contribution in [3.63, 3.8) is 0 Å². The molecular weight excluding hydrogens is 419 g/mol. The van der Waals surface area contributed by atoms with Crippen molar-refractivity contribution in [2.24, 2.45) is 0 Å². The molecule has 3 heterocycles. The van der Waals surface area contributed by atoms with Crippen LogP contribution in [-0.4, -0.2) is 66.6 Å². The van der Waals surface area contributed by atoms with Gasteiger partial charge in [-0.3, -0.25) is 14.7 Å². The van der Waals surface area contributed by atoms with Gasteiger partial charge in [-0.15, -0.1) is 0 Å². The summed E-state index contributed by atoms with van der Waals surface area (Å²) in [6.45, 7) is 4.77. The third-order valence-electron chi connectivity index (χ3n) is 6.15. The predicted molar refractivity (Wildman–Crippen MR) is 114 cm³/mol. The standard InChI is InChI=1S/C24H28F3N3O2/c25-24(26,27)20-8-6-18(7-9-20)15-21-4-1-5-22(28-21)19-3-2-10-30(16-19)23(31)17-29-11-13-32-14-12-29/h1,4-9,19H,2-3,10-17H2. The predicted octanol–water partition coefficient (Wildman–Crippen LogP) is 3.73. The third-order valence-corrected chi connectivity index (χ3v) is 6.15. The van der Waals surface area contributed by atoms with E-state index in [2.05, 4.69) is 4.90 Å². The van der Waals surface area contributed by atoms with Gasteiger partial charge in [0.25, 0.3) is 0 Å². The van der Waals surface area contributed by atoms with Crippen LogP contribution in [0, 0.1) is 0 Å². The second-order valence-corrected chi connectivity index (χ2v) is 8.49. The van der Waals surface area contributed by atoms with E-state index in [4.69, 9.17) is 9.72 Å². The number of ether oxygens (including phenoxy) is 1. The highest BCUT2D eigenvalue weighted by molar-refractivity contribution is 5.78. The van der Waals surface area contributed by atoms with E-state index in [-0.39, 0.29) is 11.8 Å². The van der Waals surface area contributed by atoms with Crippen molar-refractivity contribution in [1.29, 1.82) is 0 Å². The van der Waals surface area contributed by atoms with Gasteiger partial charge >= 0.3 is 6.18 Å². The second kappa shape index (κ2) is 10.0. The Morgan fingerprint density at radius 3 is 2.53 bits per heavy atom. The van der Waals surface area contributed by atoms with Gasteiger partial charge in [-0.1, -0.05) is 18.2 Å². The van der Waals surface area contributed by atoms with Crippen LogP contribution in [-0.2, 0) is 22.1 Å². The summed E-state index contributed by atoms with van der Waals surface area (Å²) in [5.41, 5.74) is 1.90. The van der Waals surface area contributed by atoms with Gasteiger partial charge in [-0.05, 0) is 42.7 Å². The van der Waals surface area contributed by atoms with Crippen molar-refractivity contribution < 1.29 is 22.7 Å². The highest BCUT2D eigenvalue weighted by atomic mass is 19.4. The Labute approximate surface area is 186 Å².